The van der Waals surface area contributed by atoms with Crippen molar-refractivity contribution in [2.45, 2.75) is 32.6 Å². The molecule has 2 aromatic rings. The average Bonchev–Trinajstić information content (AvgIpc) is 2.99. The highest BCUT2D eigenvalue weighted by molar-refractivity contribution is 5.76. The topological polar surface area (TPSA) is 58.2 Å². The number of aromatic nitrogens is 2. The van der Waals surface area contributed by atoms with Crippen LogP contribution in [0.4, 0.5) is 0 Å². The summed E-state index contributed by atoms with van der Waals surface area (Å²) in [6, 6.07) is 8.01. The van der Waals surface area contributed by atoms with E-state index in [9.17, 15) is 4.79 Å². The minimum Gasteiger partial charge on any atom is -0.381 e. The molecule has 1 aliphatic rings. The standard InChI is InChI=1S/C18H25N3O2/c1-2-21(18(22)12-14-6-5-11-23-13-14)10-9-17-19-15-7-3-4-8-16(15)20-17/h3-4,7-8,14H,2,5-6,9-13H2,1H3,(H,19,20). The Bertz CT molecular complexity index is 614. The van der Waals surface area contributed by atoms with Crippen LogP contribution in [0.3, 0.4) is 0 Å². The minimum absolute atomic E-state index is 0.235. The van der Waals surface area contributed by atoms with E-state index in [0.29, 0.717) is 18.9 Å². The molecular weight excluding hydrogens is 290 g/mol. The maximum atomic E-state index is 12.5. The van der Waals surface area contributed by atoms with Gasteiger partial charge in [-0.3, -0.25) is 4.79 Å². The van der Waals surface area contributed by atoms with Gasteiger partial charge in [0, 0.05) is 39.1 Å². The van der Waals surface area contributed by atoms with Crippen molar-refractivity contribution >= 4 is 16.9 Å². The number of carbonyl (C=O) groups excluding carboxylic acids is 1. The van der Waals surface area contributed by atoms with Gasteiger partial charge in [0.2, 0.25) is 5.91 Å². The van der Waals surface area contributed by atoms with E-state index < -0.39 is 0 Å². The summed E-state index contributed by atoms with van der Waals surface area (Å²) in [4.78, 5) is 22.3. The van der Waals surface area contributed by atoms with E-state index in [1.165, 1.54) is 0 Å². The molecule has 1 saturated heterocycles. The Hall–Kier alpha value is -1.88. The number of para-hydroxylation sites is 2. The van der Waals surface area contributed by atoms with Crippen LogP contribution < -0.4 is 0 Å². The molecular formula is C18H25N3O2. The molecule has 23 heavy (non-hydrogen) atoms. The smallest absolute Gasteiger partial charge is 0.222 e. The molecule has 1 fully saturated rings. The van der Waals surface area contributed by atoms with E-state index in [2.05, 4.69) is 9.97 Å². The molecule has 0 radical (unpaired) electrons. The third kappa shape index (κ3) is 4.10. The number of benzene rings is 1. The Morgan fingerprint density at radius 2 is 2.30 bits per heavy atom. The summed E-state index contributed by atoms with van der Waals surface area (Å²) in [6.45, 7) is 5.06. The number of rotatable bonds is 6. The number of likely N-dealkylation sites (N-methyl/N-ethyl adjacent to an activating group) is 1. The molecule has 2 heterocycles. The number of nitrogens with zero attached hydrogens (tertiary/aromatic N) is 2. The lowest BCUT2D eigenvalue weighted by atomic mass is 9.98. The van der Waals surface area contributed by atoms with Crippen LogP contribution in [0.5, 0.6) is 0 Å². The third-order valence-corrected chi connectivity index (χ3v) is 4.51. The highest BCUT2D eigenvalue weighted by atomic mass is 16.5. The van der Waals surface area contributed by atoms with Crippen LogP contribution in [-0.2, 0) is 16.0 Å². The number of fused-ring (bicyclic) bond motifs is 1. The normalized spacial score (nSPS) is 18.2. The number of carbonyl (C=O) groups is 1. The molecule has 5 nitrogen and oxygen atoms in total. The van der Waals surface area contributed by atoms with Gasteiger partial charge in [0.15, 0.2) is 0 Å². The van der Waals surface area contributed by atoms with Crippen LogP contribution in [0.1, 0.15) is 32.0 Å². The number of nitrogens with one attached hydrogen (secondary N) is 1. The first kappa shape index (κ1) is 16.0. The van der Waals surface area contributed by atoms with Gasteiger partial charge in [-0.05, 0) is 37.8 Å². The van der Waals surface area contributed by atoms with E-state index in [4.69, 9.17) is 4.74 Å². The first-order chi connectivity index (χ1) is 11.3. The van der Waals surface area contributed by atoms with Crippen LogP contribution in [0.2, 0.25) is 0 Å². The van der Waals surface area contributed by atoms with E-state index in [-0.39, 0.29) is 5.91 Å². The summed E-state index contributed by atoms with van der Waals surface area (Å²) < 4.78 is 5.47. The van der Waals surface area contributed by atoms with Gasteiger partial charge in [-0.2, -0.15) is 0 Å². The summed E-state index contributed by atoms with van der Waals surface area (Å²) in [7, 11) is 0. The highest BCUT2D eigenvalue weighted by Gasteiger charge is 2.21. The molecule has 1 amide bonds. The van der Waals surface area contributed by atoms with Crippen LogP contribution in [0, 0.1) is 5.92 Å². The van der Waals surface area contributed by atoms with Crippen LogP contribution >= 0.6 is 0 Å². The zero-order valence-corrected chi connectivity index (χ0v) is 13.8. The van der Waals surface area contributed by atoms with Crippen molar-refractivity contribution in [1.29, 1.82) is 0 Å². The molecule has 124 valence electrons. The van der Waals surface area contributed by atoms with Crippen molar-refractivity contribution in [2.24, 2.45) is 5.92 Å². The van der Waals surface area contributed by atoms with Crippen molar-refractivity contribution in [3.8, 4) is 0 Å². The summed E-state index contributed by atoms with van der Waals surface area (Å²) in [6.07, 6.45) is 3.54. The predicted octanol–water partition coefficient (Wildman–Crippen LogP) is 2.77. The number of aromatic amines is 1. The van der Waals surface area contributed by atoms with Crippen molar-refractivity contribution < 1.29 is 9.53 Å². The SMILES string of the molecule is CCN(CCc1nc2ccccc2[nH]1)C(=O)CC1CCCOC1. The van der Waals surface area contributed by atoms with Gasteiger partial charge in [0.25, 0.3) is 0 Å². The Balaban J connectivity index is 1.54. The summed E-state index contributed by atoms with van der Waals surface area (Å²) >= 11 is 0. The summed E-state index contributed by atoms with van der Waals surface area (Å²) in [5.41, 5.74) is 2.03. The van der Waals surface area contributed by atoms with Gasteiger partial charge < -0.3 is 14.6 Å². The maximum absolute atomic E-state index is 12.5. The maximum Gasteiger partial charge on any atom is 0.222 e. The lowest BCUT2D eigenvalue weighted by Crippen LogP contribution is -2.35. The number of H-pyrrole nitrogens is 1. The number of hydrogen-bond donors (Lipinski definition) is 1. The van der Waals surface area contributed by atoms with E-state index in [0.717, 1.165) is 55.9 Å². The predicted molar refractivity (Wildman–Crippen MR) is 90.2 cm³/mol. The fourth-order valence-electron chi connectivity index (χ4n) is 3.17. The fraction of sp³-hybridized carbons (Fsp3) is 0.556. The molecule has 1 atom stereocenters. The quantitative estimate of drug-likeness (QED) is 0.892. The molecule has 3 rings (SSSR count). The van der Waals surface area contributed by atoms with Crippen LogP contribution in [0.25, 0.3) is 11.0 Å². The summed E-state index contributed by atoms with van der Waals surface area (Å²) in [5.74, 6) is 1.56. The van der Waals surface area contributed by atoms with Crippen LogP contribution in [-0.4, -0.2) is 47.1 Å². The molecule has 1 unspecified atom stereocenters. The van der Waals surface area contributed by atoms with Crippen molar-refractivity contribution in [3.05, 3.63) is 30.1 Å². The molecule has 0 spiro atoms. The second-order valence-electron chi connectivity index (χ2n) is 6.21. The molecule has 0 bridgehead atoms. The lowest BCUT2D eigenvalue weighted by molar-refractivity contribution is -0.133. The third-order valence-electron chi connectivity index (χ3n) is 4.51. The summed E-state index contributed by atoms with van der Waals surface area (Å²) in [5, 5.41) is 0. The molecule has 1 N–H and O–H groups in total. The van der Waals surface area contributed by atoms with Gasteiger partial charge in [0.1, 0.15) is 5.82 Å². The zero-order valence-electron chi connectivity index (χ0n) is 13.8. The highest BCUT2D eigenvalue weighted by Crippen LogP contribution is 2.18. The molecule has 1 aliphatic heterocycles. The fourth-order valence-corrected chi connectivity index (χ4v) is 3.17. The minimum atomic E-state index is 0.235. The van der Waals surface area contributed by atoms with Gasteiger partial charge in [-0.15, -0.1) is 0 Å². The zero-order chi connectivity index (χ0) is 16.1. The van der Waals surface area contributed by atoms with E-state index in [1.807, 2.05) is 36.1 Å². The van der Waals surface area contributed by atoms with Crippen molar-refractivity contribution in [1.82, 2.24) is 14.9 Å². The first-order valence-electron chi connectivity index (χ1n) is 8.55. The van der Waals surface area contributed by atoms with Gasteiger partial charge in [0.05, 0.1) is 11.0 Å². The first-order valence-corrected chi connectivity index (χ1v) is 8.55. The number of ether oxygens (including phenoxy) is 1. The van der Waals surface area contributed by atoms with Gasteiger partial charge in [-0.25, -0.2) is 4.98 Å². The molecule has 0 aliphatic carbocycles. The van der Waals surface area contributed by atoms with E-state index >= 15 is 0 Å². The molecule has 1 aromatic carbocycles. The Labute approximate surface area is 137 Å². The number of imidazole rings is 1. The Morgan fingerprint density at radius 3 is 3.04 bits per heavy atom. The second-order valence-corrected chi connectivity index (χ2v) is 6.21. The van der Waals surface area contributed by atoms with Crippen LogP contribution in [0.15, 0.2) is 24.3 Å². The lowest BCUT2D eigenvalue weighted by Gasteiger charge is -2.26. The second kappa shape index (κ2) is 7.59. The van der Waals surface area contributed by atoms with E-state index in [1.54, 1.807) is 0 Å². The van der Waals surface area contributed by atoms with Gasteiger partial charge in [-0.1, -0.05) is 12.1 Å². The Morgan fingerprint density at radius 1 is 1.43 bits per heavy atom. The molecule has 5 heteroatoms. The number of amides is 1. The van der Waals surface area contributed by atoms with Crippen molar-refractivity contribution in [2.75, 3.05) is 26.3 Å². The largest absolute Gasteiger partial charge is 0.381 e. The van der Waals surface area contributed by atoms with Crippen molar-refractivity contribution in [3.63, 3.8) is 0 Å². The Kier molecular flexibility index (Phi) is 5.28. The number of hydrogen-bond acceptors (Lipinski definition) is 3. The molecule has 0 saturated carbocycles. The molecule has 1 aromatic heterocycles. The van der Waals surface area contributed by atoms with Gasteiger partial charge >= 0.3 is 0 Å². The monoisotopic (exact) mass is 315 g/mol. The average molecular weight is 315 g/mol.